The van der Waals surface area contributed by atoms with E-state index in [4.69, 9.17) is 9.84 Å². The summed E-state index contributed by atoms with van der Waals surface area (Å²) in [4.78, 5) is 22.1. The first-order valence-electron chi connectivity index (χ1n) is 5.67. The Kier molecular flexibility index (Phi) is 5.11. The molecule has 1 N–H and O–H groups in total. The van der Waals surface area contributed by atoms with Gasteiger partial charge in [0.2, 0.25) is 0 Å². The van der Waals surface area contributed by atoms with Gasteiger partial charge in [0.25, 0.3) is 0 Å². The largest absolute Gasteiger partial charge is 0.481 e. The van der Waals surface area contributed by atoms with Gasteiger partial charge in [-0.3, -0.25) is 4.79 Å². The van der Waals surface area contributed by atoms with Crippen LogP contribution in [0.4, 0.5) is 0 Å². The summed E-state index contributed by atoms with van der Waals surface area (Å²) in [6.07, 6.45) is 2.26. The number of carboxylic acid groups (broad SMARTS) is 1. The van der Waals surface area contributed by atoms with E-state index >= 15 is 0 Å². The van der Waals surface area contributed by atoms with Crippen LogP contribution in [0, 0.1) is 5.92 Å². The fraction of sp³-hybridized carbons (Fsp3) is 0.286. The van der Waals surface area contributed by atoms with Crippen molar-refractivity contribution in [2.45, 2.75) is 20.0 Å². The number of esters is 1. The Balaban J connectivity index is 2.52. The van der Waals surface area contributed by atoms with Crippen LogP contribution in [0.3, 0.4) is 0 Å². The molecule has 96 valence electrons. The van der Waals surface area contributed by atoms with Gasteiger partial charge < -0.3 is 9.84 Å². The van der Waals surface area contributed by atoms with Crippen molar-refractivity contribution in [2.75, 3.05) is 0 Å². The van der Waals surface area contributed by atoms with Crippen molar-refractivity contribution in [1.29, 1.82) is 0 Å². The SMILES string of the molecule is CC(OC(=O)/C=C/c1ccccc1)C(C)C(=O)O. The highest BCUT2D eigenvalue weighted by Crippen LogP contribution is 2.08. The third-order valence-electron chi connectivity index (χ3n) is 2.61. The fourth-order valence-corrected chi connectivity index (χ4v) is 1.25. The van der Waals surface area contributed by atoms with Crippen molar-refractivity contribution in [1.82, 2.24) is 0 Å². The Morgan fingerprint density at radius 3 is 2.39 bits per heavy atom. The summed E-state index contributed by atoms with van der Waals surface area (Å²) in [5.41, 5.74) is 0.883. The molecule has 1 aromatic rings. The number of benzene rings is 1. The summed E-state index contributed by atoms with van der Waals surface area (Å²) in [6, 6.07) is 9.31. The lowest BCUT2D eigenvalue weighted by Gasteiger charge is -2.15. The summed E-state index contributed by atoms with van der Waals surface area (Å²) in [5, 5.41) is 8.76. The summed E-state index contributed by atoms with van der Waals surface area (Å²) in [5.74, 6) is -2.25. The van der Waals surface area contributed by atoms with E-state index in [1.165, 1.54) is 13.0 Å². The van der Waals surface area contributed by atoms with Gasteiger partial charge in [-0.2, -0.15) is 0 Å². The number of carbonyl (C=O) groups excluding carboxylic acids is 1. The second kappa shape index (κ2) is 6.59. The van der Waals surface area contributed by atoms with Gasteiger partial charge in [-0.1, -0.05) is 30.3 Å². The Bertz CT molecular complexity index is 436. The van der Waals surface area contributed by atoms with Crippen molar-refractivity contribution >= 4 is 18.0 Å². The zero-order valence-corrected chi connectivity index (χ0v) is 10.4. The van der Waals surface area contributed by atoms with E-state index in [-0.39, 0.29) is 0 Å². The predicted molar refractivity (Wildman–Crippen MR) is 67.8 cm³/mol. The minimum Gasteiger partial charge on any atom is -0.481 e. The summed E-state index contributed by atoms with van der Waals surface area (Å²) in [7, 11) is 0. The van der Waals surface area contributed by atoms with Gasteiger partial charge in [0.15, 0.2) is 0 Å². The molecule has 0 saturated heterocycles. The first-order chi connectivity index (χ1) is 8.50. The number of ether oxygens (including phenoxy) is 1. The number of carboxylic acids is 1. The number of rotatable bonds is 5. The molecule has 0 aliphatic heterocycles. The minimum atomic E-state index is -0.984. The second-order valence-electron chi connectivity index (χ2n) is 4.01. The molecule has 2 atom stereocenters. The molecule has 1 rings (SSSR count). The third-order valence-corrected chi connectivity index (χ3v) is 2.61. The minimum absolute atomic E-state index is 0.542. The summed E-state index contributed by atoms with van der Waals surface area (Å²) in [6.45, 7) is 3.06. The molecular formula is C14H16O4. The number of aliphatic carboxylic acids is 1. The van der Waals surface area contributed by atoms with Gasteiger partial charge in [0, 0.05) is 6.08 Å². The van der Waals surface area contributed by atoms with Gasteiger partial charge >= 0.3 is 11.9 Å². The van der Waals surface area contributed by atoms with Crippen LogP contribution in [-0.4, -0.2) is 23.1 Å². The summed E-state index contributed by atoms with van der Waals surface area (Å²) < 4.78 is 4.99. The molecule has 18 heavy (non-hydrogen) atoms. The normalized spacial score (nSPS) is 14.1. The van der Waals surface area contributed by atoms with Gasteiger partial charge in [0.05, 0.1) is 5.92 Å². The Morgan fingerprint density at radius 2 is 1.83 bits per heavy atom. The first-order valence-corrected chi connectivity index (χ1v) is 5.67. The lowest BCUT2D eigenvalue weighted by atomic mass is 10.1. The highest BCUT2D eigenvalue weighted by atomic mass is 16.5. The van der Waals surface area contributed by atoms with Crippen molar-refractivity contribution in [3.63, 3.8) is 0 Å². The highest BCUT2D eigenvalue weighted by molar-refractivity contribution is 5.87. The van der Waals surface area contributed by atoms with Crippen LogP contribution in [0.1, 0.15) is 19.4 Å². The number of carbonyl (C=O) groups is 2. The molecule has 0 amide bonds. The lowest BCUT2D eigenvalue weighted by Crippen LogP contribution is -2.27. The van der Waals surface area contributed by atoms with Crippen LogP contribution in [-0.2, 0) is 14.3 Å². The molecule has 4 nitrogen and oxygen atoms in total. The standard InChI is InChI=1S/C14H16O4/c1-10(14(16)17)11(2)18-13(15)9-8-12-6-4-3-5-7-12/h3-11H,1-2H3,(H,16,17)/b9-8+. The molecule has 0 radical (unpaired) electrons. The van der Waals surface area contributed by atoms with Crippen LogP contribution in [0.2, 0.25) is 0 Å². The molecule has 0 spiro atoms. The van der Waals surface area contributed by atoms with E-state index in [1.54, 1.807) is 13.0 Å². The van der Waals surface area contributed by atoms with Crippen LogP contribution in [0.25, 0.3) is 6.08 Å². The average molecular weight is 248 g/mol. The van der Waals surface area contributed by atoms with Gasteiger partial charge in [-0.15, -0.1) is 0 Å². The molecule has 0 heterocycles. The van der Waals surface area contributed by atoms with Crippen molar-refractivity contribution in [3.05, 3.63) is 42.0 Å². The molecule has 0 aliphatic carbocycles. The van der Waals surface area contributed by atoms with Crippen molar-refractivity contribution in [2.24, 2.45) is 5.92 Å². The second-order valence-corrected chi connectivity index (χ2v) is 4.01. The van der Waals surface area contributed by atoms with Gasteiger partial charge in [-0.05, 0) is 25.5 Å². The molecule has 2 unspecified atom stereocenters. The maximum atomic E-state index is 11.5. The third kappa shape index (κ3) is 4.41. The number of hydrogen-bond acceptors (Lipinski definition) is 3. The quantitative estimate of drug-likeness (QED) is 0.641. The Labute approximate surface area is 106 Å². The van der Waals surface area contributed by atoms with E-state index < -0.39 is 24.0 Å². The monoisotopic (exact) mass is 248 g/mol. The molecule has 0 fully saturated rings. The molecule has 0 aromatic heterocycles. The maximum absolute atomic E-state index is 11.5. The maximum Gasteiger partial charge on any atom is 0.331 e. The van der Waals surface area contributed by atoms with E-state index in [9.17, 15) is 9.59 Å². The Morgan fingerprint density at radius 1 is 1.22 bits per heavy atom. The smallest absolute Gasteiger partial charge is 0.331 e. The van der Waals surface area contributed by atoms with E-state index in [0.717, 1.165) is 5.56 Å². The van der Waals surface area contributed by atoms with Crippen LogP contribution >= 0.6 is 0 Å². The first kappa shape index (κ1) is 14.0. The predicted octanol–water partition coefficient (Wildman–Crippen LogP) is 2.35. The molecule has 0 bridgehead atoms. The Hall–Kier alpha value is -2.10. The molecule has 1 aromatic carbocycles. The van der Waals surface area contributed by atoms with Crippen LogP contribution < -0.4 is 0 Å². The highest BCUT2D eigenvalue weighted by Gasteiger charge is 2.21. The molecule has 0 aliphatic rings. The van der Waals surface area contributed by atoms with Crippen molar-refractivity contribution in [3.8, 4) is 0 Å². The summed E-state index contributed by atoms with van der Waals surface area (Å²) >= 11 is 0. The van der Waals surface area contributed by atoms with Gasteiger partial charge in [-0.25, -0.2) is 4.79 Å². The average Bonchev–Trinajstić information content (AvgIpc) is 2.36. The van der Waals surface area contributed by atoms with Gasteiger partial charge in [0.1, 0.15) is 6.10 Å². The zero-order chi connectivity index (χ0) is 13.5. The van der Waals surface area contributed by atoms with Crippen LogP contribution in [0.5, 0.6) is 0 Å². The van der Waals surface area contributed by atoms with E-state index in [0.29, 0.717) is 0 Å². The van der Waals surface area contributed by atoms with Crippen LogP contribution in [0.15, 0.2) is 36.4 Å². The van der Waals surface area contributed by atoms with E-state index in [1.807, 2.05) is 30.3 Å². The topological polar surface area (TPSA) is 63.6 Å². The van der Waals surface area contributed by atoms with E-state index in [2.05, 4.69) is 0 Å². The fourth-order valence-electron chi connectivity index (χ4n) is 1.25. The number of hydrogen-bond donors (Lipinski definition) is 1. The molecule has 4 heteroatoms. The molecule has 0 saturated carbocycles. The zero-order valence-electron chi connectivity index (χ0n) is 10.4. The molecular weight excluding hydrogens is 232 g/mol. The van der Waals surface area contributed by atoms with Crippen molar-refractivity contribution < 1.29 is 19.4 Å². The lowest BCUT2D eigenvalue weighted by molar-refractivity contribution is -0.152.